The molecule has 0 radical (unpaired) electrons. The summed E-state index contributed by atoms with van der Waals surface area (Å²) < 4.78 is 4.66. The van der Waals surface area contributed by atoms with Crippen LogP contribution in [0.1, 0.15) is 0 Å². The first-order valence-electron chi connectivity index (χ1n) is 6.75. The van der Waals surface area contributed by atoms with E-state index in [-0.39, 0.29) is 0 Å². The van der Waals surface area contributed by atoms with E-state index in [0.29, 0.717) is 34.6 Å². The summed E-state index contributed by atoms with van der Waals surface area (Å²) in [6.45, 7) is 0. The lowest BCUT2D eigenvalue weighted by molar-refractivity contribution is 0.314. The molecule has 0 amide bonds. The monoisotopic (exact) mass is 306 g/mol. The molecule has 0 fully saturated rings. The summed E-state index contributed by atoms with van der Waals surface area (Å²) in [5.74, 6) is 2.14. The molecule has 0 aliphatic rings. The highest BCUT2D eigenvalue weighted by molar-refractivity contribution is 5.77. The number of hydrogen-bond acceptors (Lipinski definition) is 9. The normalized spacial score (nSPS) is 10.6. The highest BCUT2D eigenvalue weighted by Crippen LogP contribution is 2.24. The Morgan fingerprint density at radius 3 is 1.65 bits per heavy atom. The summed E-state index contributed by atoms with van der Waals surface area (Å²) in [7, 11) is 0. The van der Waals surface area contributed by atoms with Gasteiger partial charge in [0.25, 0.3) is 0 Å². The fourth-order valence-corrected chi connectivity index (χ4v) is 1.93. The van der Waals surface area contributed by atoms with E-state index in [1.165, 1.54) is 0 Å². The Bertz CT molecular complexity index is 850. The summed E-state index contributed by atoms with van der Waals surface area (Å²) in [5, 5.41) is 13.6. The zero-order valence-electron chi connectivity index (χ0n) is 11.7. The van der Waals surface area contributed by atoms with Crippen LogP contribution in [0.4, 0.5) is 23.3 Å². The average Bonchev–Trinajstić information content (AvgIpc) is 3.04. The standard InChI is InChI=1S/C14H10N8O/c1-3-7-15-9(5-1)17-11-12(18-10-6-2-4-8-16-10)20-14-13(19-11)21-23-22-14/h1-8H,(H,15,17,19,21)(H,16,18,20,22). The minimum absolute atomic E-state index is 0.301. The smallest absolute Gasteiger partial charge is 0.245 e. The number of rotatable bonds is 4. The van der Waals surface area contributed by atoms with Crippen molar-refractivity contribution in [2.75, 3.05) is 10.6 Å². The molecule has 0 bridgehead atoms. The maximum atomic E-state index is 4.66. The van der Waals surface area contributed by atoms with Crippen molar-refractivity contribution in [1.82, 2.24) is 30.2 Å². The van der Waals surface area contributed by atoms with Crippen LogP contribution in [-0.4, -0.2) is 30.2 Å². The van der Waals surface area contributed by atoms with Gasteiger partial charge in [-0.25, -0.2) is 24.6 Å². The fraction of sp³-hybridized carbons (Fsp3) is 0. The Labute approximate surface area is 129 Å². The summed E-state index contributed by atoms with van der Waals surface area (Å²) in [6.07, 6.45) is 3.36. The summed E-state index contributed by atoms with van der Waals surface area (Å²) in [5.41, 5.74) is 0.602. The molecule has 0 aliphatic heterocycles. The minimum Gasteiger partial charge on any atom is -0.322 e. The molecule has 4 heterocycles. The van der Waals surface area contributed by atoms with Crippen LogP contribution in [0.25, 0.3) is 11.3 Å². The van der Waals surface area contributed by atoms with E-state index in [4.69, 9.17) is 0 Å². The van der Waals surface area contributed by atoms with Crippen molar-refractivity contribution in [3.05, 3.63) is 48.8 Å². The van der Waals surface area contributed by atoms with Gasteiger partial charge in [0.05, 0.1) is 0 Å². The van der Waals surface area contributed by atoms with E-state index in [2.05, 4.69) is 45.5 Å². The second kappa shape index (κ2) is 5.64. The van der Waals surface area contributed by atoms with Gasteiger partial charge in [0, 0.05) is 12.4 Å². The Morgan fingerprint density at radius 1 is 0.696 bits per heavy atom. The zero-order chi connectivity index (χ0) is 15.5. The van der Waals surface area contributed by atoms with E-state index in [9.17, 15) is 0 Å². The van der Waals surface area contributed by atoms with E-state index in [1.54, 1.807) is 12.4 Å². The predicted molar refractivity (Wildman–Crippen MR) is 82.4 cm³/mol. The van der Waals surface area contributed by atoms with Gasteiger partial charge in [-0.2, -0.15) is 0 Å². The highest BCUT2D eigenvalue weighted by atomic mass is 16.6. The Kier molecular flexibility index (Phi) is 3.20. The topological polar surface area (TPSA) is 115 Å². The molecule has 4 aromatic rings. The van der Waals surface area contributed by atoms with Gasteiger partial charge in [-0.1, -0.05) is 12.1 Å². The lowest BCUT2D eigenvalue weighted by atomic mass is 10.4. The lowest BCUT2D eigenvalue weighted by Gasteiger charge is -2.10. The second-order valence-electron chi connectivity index (χ2n) is 4.51. The van der Waals surface area contributed by atoms with Crippen LogP contribution in [0.15, 0.2) is 53.4 Å². The number of pyridine rings is 2. The number of aromatic nitrogens is 6. The first-order chi connectivity index (χ1) is 11.4. The first kappa shape index (κ1) is 13.1. The van der Waals surface area contributed by atoms with Crippen molar-refractivity contribution in [2.24, 2.45) is 0 Å². The van der Waals surface area contributed by atoms with Crippen molar-refractivity contribution in [3.8, 4) is 0 Å². The van der Waals surface area contributed by atoms with Crippen molar-refractivity contribution in [3.63, 3.8) is 0 Å². The minimum atomic E-state index is 0.301. The molecular weight excluding hydrogens is 296 g/mol. The predicted octanol–water partition coefficient (Wildman–Crippen LogP) is 2.29. The molecule has 4 aromatic heterocycles. The molecular formula is C14H10N8O. The highest BCUT2D eigenvalue weighted by Gasteiger charge is 2.13. The molecule has 0 saturated heterocycles. The first-order valence-corrected chi connectivity index (χ1v) is 6.75. The third kappa shape index (κ3) is 2.75. The van der Waals surface area contributed by atoms with E-state index in [0.717, 1.165) is 0 Å². The molecule has 0 saturated carbocycles. The van der Waals surface area contributed by atoms with E-state index >= 15 is 0 Å². The number of anilines is 4. The number of nitrogens with one attached hydrogen (secondary N) is 2. The molecule has 0 atom stereocenters. The molecule has 9 heteroatoms. The second-order valence-corrected chi connectivity index (χ2v) is 4.51. The van der Waals surface area contributed by atoms with E-state index in [1.807, 2.05) is 36.4 Å². The van der Waals surface area contributed by atoms with E-state index < -0.39 is 0 Å². The Balaban J connectivity index is 1.75. The van der Waals surface area contributed by atoms with Crippen LogP contribution in [-0.2, 0) is 0 Å². The molecule has 112 valence electrons. The van der Waals surface area contributed by atoms with Gasteiger partial charge in [0.1, 0.15) is 11.6 Å². The van der Waals surface area contributed by atoms with Gasteiger partial charge >= 0.3 is 0 Å². The van der Waals surface area contributed by atoms with Crippen LogP contribution < -0.4 is 10.6 Å². The van der Waals surface area contributed by atoms with Gasteiger partial charge in [-0.05, 0) is 34.6 Å². The van der Waals surface area contributed by atoms with Crippen molar-refractivity contribution in [2.45, 2.75) is 0 Å². The van der Waals surface area contributed by atoms with Gasteiger partial charge < -0.3 is 10.6 Å². The van der Waals surface area contributed by atoms with Crippen LogP contribution >= 0.6 is 0 Å². The van der Waals surface area contributed by atoms with Crippen molar-refractivity contribution < 1.29 is 4.63 Å². The average molecular weight is 306 g/mol. The molecule has 2 N–H and O–H groups in total. The fourth-order valence-electron chi connectivity index (χ4n) is 1.93. The molecule has 9 nitrogen and oxygen atoms in total. The van der Waals surface area contributed by atoms with Crippen LogP contribution in [0.2, 0.25) is 0 Å². The van der Waals surface area contributed by atoms with Gasteiger partial charge in [0.2, 0.25) is 11.3 Å². The quantitative estimate of drug-likeness (QED) is 0.585. The maximum absolute atomic E-state index is 4.66. The number of nitrogens with zero attached hydrogens (tertiary/aromatic N) is 6. The largest absolute Gasteiger partial charge is 0.322 e. The molecule has 0 aliphatic carbocycles. The molecule has 0 spiro atoms. The van der Waals surface area contributed by atoms with Crippen LogP contribution in [0, 0.1) is 0 Å². The van der Waals surface area contributed by atoms with Gasteiger partial charge in [0.15, 0.2) is 11.6 Å². The van der Waals surface area contributed by atoms with Crippen LogP contribution in [0.3, 0.4) is 0 Å². The summed E-state index contributed by atoms with van der Waals surface area (Å²) in [4.78, 5) is 17.1. The number of fused-ring (bicyclic) bond motifs is 1. The number of hydrogen-bond donors (Lipinski definition) is 2. The maximum Gasteiger partial charge on any atom is 0.245 e. The molecule has 4 rings (SSSR count). The Morgan fingerprint density at radius 2 is 1.22 bits per heavy atom. The molecule has 0 aromatic carbocycles. The van der Waals surface area contributed by atoms with Crippen molar-refractivity contribution >= 4 is 34.6 Å². The molecule has 0 unspecified atom stereocenters. The summed E-state index contributed by atoms with van der Waals surface area (Å²) >= 11 is 0. The molecule has 23 heavy (non-hydrogen) atoms. The van der Waals surface area contributed by atoms with Gasteiger partial charge in [-0.15, -0.1) is 0 Å². The third-order valence-electron chi connectivity index (χ3n) is 2.94. The lowest BCUT2D eigenvalue weighted by Crippen LogP contribution is -2.04. The third-order valence-corrected chi connectivity index (χ3v) is 2.94. The zero-order valence-corrected chi connectivity index (χ0v) is 11.7. The SMILES string of the molecule is c1ccc(Nc2nc3nonc3nc2Nc2ccccn2)nc1. The van der Waals surface area contributed by atoms with Gasteiger partial charge in [-0.3, -0.25) is 0 Å². The Hall–Kier alpha value is -3.62. The summed E-state index contributed by atoms with van der Waals surface area (Å²) in [6, 6.07) is 11.0. The van der Waals surface area contributed by atoms with Crippen molar-refractivity contribution in [1.29, 1.82) is 0 Å². The van der Waals surface area contributed by atoms with Crippen LogP contribution in [0.5, 0.6) is 0 Å².